The molecule has 0 radical (unpaired) electrons. The maximum Gasteiger partial charge on any atom is 0.00157 e. The molecule has 0 aromatic rings. The van der Waals surface area contributed by atoms with Gasteiger partial charge in [0.15, 0.2) is 0 Å². The van der Waals surface area contributed by atoms with Crippen molar-refractivity contribution in [2.75, 3.05) is 20.1 Å². The van der Waals surface area contributed by atoms with Gasteiger partial charge in [0.05, 0.1) is 0 Å². The van der Waals surface area contributed by atoms with Gasteiger partial charge in [0.2, 0.25) is 0 Å². The Morgan fingerprint density at radius 3 is 2.23 bits per heavy atom. The van der Waals surface area contributed by atoms with Gasteiger partial charge in [-0.2, -0.15) is 0 Å². The number of likely N-dealkylation sites (tertiary alicyclic amines) is 1. The minimum absolute atomic E-state index is 0.455. The summed E-state index contributed by atoms with van der Waals surface area (Å²) in [5, 5.41) is 0. The lowest BCUT2D eigenvalue weighted by Crippen LogP contribution is -2.26. The zero-order valence-corrected chi connectivity index (χ0v) is 9.56. The van der Waals surface area contributed by atoms with Crippen molar-refractivity contribution >= 4 is 0 Å². The highest BCUT2D eigenvalue weighted by Crippen LogP contribution is 2.23. The minimum Gasteiger partial charge on any atom is -0.306 e. The smallest absolute Gasteiger partial charge is 0.00157 e. The van der Waals surface area contributed by atoms with Crippen molar-refractivity contribution < 1.29 is 0 Å². The first-order valence-electron chi connectivity index (χ1n) is 5.34. The summed E-state index contributed by atoms with van der Waals surface area (Å²) in [6.07, 6.45) is 6.26. The third-order valence-corrected chi connectivity index (χ3v) is 2.63. The molecule has 1 nitrogen and oxygen atoms in total. The van der Waals surface area contributed by atoms with Crippen LogP contribution in [0.2, 0.25) is 0 Å². The fourth-order valence-electron chi connectivity index (χ4n) is 1.56. The molecule has 1 aliphatic rings. The third-order valence-electron chi connectivity index (χ3n) is 2.63. The monoisotopic (exact) mass is 181 g/mol. The number of hydrogen-bond acceptors (Lipinski definition) is 1. The van der Waals surface area contributed by atoms with E-state index in [1.165, 1.54) is 32.4 Å². The number of piperidine rings is 1. The van der Waals surface area contributed by atoms with Gasteiger partial charge in [-0.1, -0.05) is 32.4 Å². The molecule has 0 saturated carbocycles. The number of hydrogen-bond donors (Lipinski definition) is 0. The van der Waals surface area contributed by atoms with E-state index in [0.717, 1.165) is 0 Å². The predicted molar refractivity (Wildman–Crippen MR) is 58.9 cm³/mol. The molecule has 0 amide bonds. The summed E-state index contributed by atoms with van der Waals surface area (Å²) in [5.41, 5.74) is 2.13. The molecule has 0 unspecified atom stereocenters. The second-order valence-electron chi connectivity index (χ2n) is 5.43. The van der Waals surface area contributed by atoms with Crippen molar-refractivity contribution in [1.82, 2.24) is 4.90 Å². The van der Waals surface area contributed by atoms with Gasteiger partial charge in [0.25, 0.3) is 0 Å². The Morgan fingerprint density at radius 2 is 1.77 bits per heavy atom. The van der Waals surface area contributed by atoms with Crippen LogP contribution in [0, 0.1) is 5.41 Å². The quantitative estimate of drug-likeness (QED) is 0.562. The average molecular weight is 181 g/mol. The van der Waals surface area contributed by atoms with E-state index in [0.29, 0.717) is 5.41 Å². The summed E-state index contributed by atoms with van der Waals surface area (Å²) in [4.78, 5) is 2.41. The van der Waals surface area contributed by atoms with Crippen LogP contribution in [0.5, 0.6) is 0 Å². The van der Waals surface area contributed by atoms with Crippen LogP contribution in [0.1, 0.15) is 40.0 Å². The van der Waals surface area contributed by atoms with Crippen molar-refractivity contribution in [3.8, 4) is 0 Å². The maximum atomic E-state index is 2.47. The SMILES string of the molecule is CN1CCC(=CCC(C)(C)C)CC1. The van der Waals surface area contributed by atoms with E-state index in [-0.39, 0.29) is 0 Å². The summed E-state index contributed by atoms with van der Waals surface area (Å²) < 4.78 is 0. The fourth-order valence-corrected chi connectivity index (χ4v) is 1.56. The van der Waals surface area contributed by atoms with Gasteiger partial charge >= 0.3 is 0 Å². The molecule has 0 aromatic carbocycles. The van der Waals surface area contributed by atoms with Gasteiger partial charge in [0.1, 0.15) is 0 Å². The Kier molecular flexibility index (Phi) is 3.55. The van der Waals surface area contributed by atoms with Gasteiger partial charge in [-0.3, -0.25) is 0 Å². The average Bonchev–Trinajstić information content (AvgIpc) is 2.02. The highest BCUT2D eigenvalue weighted by atomic mass is 15.1. The molecule has 0 aromatic heterocycles. The van der Waals surface area contributed by atoms with Gasteiger partial charge in [-0.15, -0.1) is 0 Å². The van der Waals surface area contributed by atoms with Crippen LogP contribution in [0.4, 0.5) is 0 Å². The van der Waals surface area contributed by atoms with Crippen LogP contribution < -0.4 is 0 Å². The first-order chi connectivity index (χ1) is 5.97. The lowest BCUT2D eigenvalue weighted by Gasteiger charge is -2.25. The first-order valence-corrected chi connectivity index (χ1v) is 5.34. The number of nitrogens with zero attached hydrogens (tertiary/aromatic N) is 1. The summed E-state index contributed by atoms with van der Waals surface area (Å²) in [5.74, 6) is 0. The van der Waals surface area contributed by atoms with E-state index >= 15 is 0 Å². The Labute approximate surface area is 82.8 Å². The van der Waals surface area contributed by atoms with E-state index in [9.17, 15) is 0 Å². The maximum absolute atomic E-state index is 2.47. The lowest BCUT2D eigenvalue weighted by atomic mass is 9.90. The van der Waals surface area contributed by atoms with Crippen LogP contribution in [0.25, 0.3) is 0 Å². The van der Waals surface area contributed by atoms with Crippen molar-refractivity contribution in [2.45, 2.75) is 40.0 Å². The molecule has 0 N–H and O–H groups in total. The molecular formula is C12H23N. The van der Waals surface area contributed by atoms with E-state index in [2.05, 4.69) is 38.8 Å². The summed E-state index contributed by atoms with van der Waals surface area (Å²) in [6, 6.07) is 0. The molecule has 0 atom stereocenters. The van der Waals surface area contributed by atoms with Crippen LogP contribution in [-0.2, 0) is 0 Å². The molecule has 0 bridgehead atoms. The van der Waals surface area contributed by atoms with Crippen molar-refractivity contribution in [3.05, 3.63) is 11.6 Å². The second kappa shape index (κ2) is 4.28. The highest BCUT2D eigenvalue weighted by molar-refractivity contribution is 5.06. The van der Waals surface area contributed by atoms with Gasteiger partial charge in [0, 0.05) is 13.1 Å². The van der Waals surface area contributed by atoms with E-state index in [4.69, 9.17) is 0 Å². The van der Waals surface area contributed by atoms with E-state index in [1.807, 2.05) is 0 Å². The molecule has 0 aliphatic carbocycles. The molecule has 0 spiro atoms. The summed E-state index contributed by atoms with van der Waals surface area (Å²) >= 11 is 0. The summed E-state index contributed by atoms with van der Waals surface area (Å²) in [7, 11) is 2.21. The van der Waals surface area contributed by atoms with Crippen molar-refractivity contribution in [2.24, 2.45) is 5.41 Å². The zero-order valence-electron chi connectivity index (χ0n) is 9.56. The van der Waals surface area contributed by atoms with E-state index < -0.39 is 0 Å². The van der Waals surface area contributed by atoms with Crippen molar-refractivity contribution in [3.63, 3.8) is 0 Å². The minimum atomic E-state index is 0.455. The molecule has 1 heterocycles. The molecule has 1 rings (SSSR count). The molecule has 1 fully saturated rings. The fraction of sp³-hybridized carbons (Fsp3) is 0.833. The Bertz CT molecular complexity index is 176. The number of rotatable bonds is 1. The normalized spacial score (nSPS) is 20.5. The molecule has 1 heteroatoms. The van der Waals surface area contributed by atoms with Gasteiger partial charge < -0.3 is 4.90 Å². The Balaban J connectivity index is 2.36. The molecule has 76 valence electrons. The first kappa shape index (κ1) is 10.8. The largest absolute Gasteiger partial charge is 0.306 e. The van der Waals surface area contributed by atoms with Gasteiger partial charge in [-0.25, -0.2) is 0 Å². The zero-order chi connectivity index (χ0) is 9.90. The summed E-state index contributed by atoms with van der Waals surface area (Å²) in [6.45, 7) is 9.41. The third kappa shape index (κ3) is 4.47. The standard InChI is InChI=1S/C12H23N/c1-12(2,3)8-5-11-6-9-13(4)10-7-11/h5H,6-10H2,1-4H3. The van der Waals surface area contributed by atoms with Crippen LogP contribution >= 0.6 is 0 Å². The lowest BCUT2D eigenvalue weighted by molar-refractivity contribution is 0.310. The second-order valence-corrected chi connectivity index (χ2v) is 5.43. The molecule has 13 heavy (non-hydrogen) atoms. The number of allylic oxidation sites excluding steroid dienone is 1. The molecule has 1 saturated heterocycles. The Hall–Kier alpha value is -0.300. The topological polar surface area (TPSA) is 3.24 Å². The highest BCUT2D eigenvalue weighted by Gasteiger charge is 2.12. The van der Waals surface area contributed by atoms with Crippen molar-refractivity contribution in [1.29, 1.82) is 0 Å². The van der Waals surface area contributed by atoms with Crippen LogP contribution in [-0.4, -0.2) is 25.0 Å². The molecule has 1 aliphatic heterocycles. The van der Waals surface area contributed by atoms with Crippen LogP contribution in [0.15, 0.2) is 11.6 Å². The predicted octanol–water partition coefficient (Wildman–Crippen LogP) is 3.07. The van der Waals surface area contributed by atoms with Gasteiger partial charge in [-0.05, 0) is 31.7 Å². The molecular weight excluding hydrogens is 158 g/mol. The van der Waals surface area contributed by atoms with E-state index in [1.54, 1.807) is 5.57 Å². The van der Waals surface area contributed by atoms with Crippen LogP contribution in [0.3, 0.4) is 0 Å². The Morgan fingerprint density at radius 1 is 1.23 bits per heavy atom.